The Kier molecular flexibility index (Phi) is 4.97. The van der Waals surface area contributed by atoms with Crippen LogP contribution in [0, 0.1) is 0 Å². The van der Waals surface area contributed by atoms with Crippen molar-refractivity contribution in [1.29, 1.82) is 0 Å². The highest BCUT2D eigenvalue weighted by Crippen LogP contribution is 2.35. The molecule has 0 aromatic heterocycles. The van der Waals surface area contributed by atoms with E-state index in [1.165, 1.54) is 0 Å². The molecule has 2 aromatic rings. The van der Waals surface area contributed by atoms with Crippen molar-refractivity contribution in [2.75, 3.05) is 0 Å². The van der Waals surface area contributed by atoms with Crippen LogP contribution < -0.4 is 0 Å². The minimum Gasteiger partial charge on any atom is -0.212 e. The van der Waals surface area contributed by atoms with Crippen molar-refractivity contribution >= 4 is 42.9 Å². The van der Waals surface area contributed by atoms with Crippen LogP contribution in [0.5, 0.6) is 0 Å². The first kappa shape index (κ1) is 15.6. The Hall–Kier alpha value is -0.740. The average molecular weight is 350 g/mol. The third kappa shape index (κ3) is 3.67. The van der Waals surface area contributed by atoms with Crippen molar-refractivity contribution in [3.05, 3.63) is 69.7 Å². The fourth-order valence-corrected chi connectivity index (χ4v) is 3.87. The largest absolute Gasteiger partial charge is 0.240 e. The van der Waals surface area contributed by atoms with Crippen molar-refractivity contribution in [3.8, 4) is 0 Å². The SMILES string of the molecule is O=S(=O)(Cl)C(Cc1ccccc1Cl)c1ccccc1Cl. The molecule has 0 bridgehead atoms. The molecule has 0 amide bonds. The zero-order valence-electron chi connectivity index (χ0n) is 10.3. The molecule has 106 valence electrons. The zero-order valence-corrected chi connectivity index (χ0v) is 13.3. The second-order valence-electron chi connectivity index (χ2n) is 4.28. The Balaban J connectivity index is 2.46. The number of halogens is 3. The fourth-order valence-electron chi connectivity index (χ4n) is 1.96. The second kappa shape index (κ2) is 6.35. The van der Waals surface area contributed by atoms with Crippen LogP contribution in [0.15, 0.2) is 48.5 Å². The summed E-state index contributed by atoms with van der Waals surface area (Å²) in [6.45, 7) is 0. The summed E-state index contributed by atoms with van der Waals surface area (Å²) in [6, 6.07) is 13.8. The smallest absolute Gasteiger partial charge is 0.212 e. The van der Waals surface area contributed by atoms with Gasteiger partial charge >= 0.3 is 0 Å². The summed E-state index contributed by atoms with van der Waals surface area (Å²) in [5.74, 6) is 0. The molecule has 2 rings (SSSR count). The van der Waals surface area contributed by atoms with Gasteiger partial charge in [0.05, 0.1) is 0 Å². The molecule has 20 heavy (non-hydrogen) atoms. The molecule has 2 aromatic carbocycles. The molecule has 0 saturated heterocycles. The van der Waals surface area contributed by atoms with E-state index in [4.69, 9.17) is 33.9 Å². The highest BCUT2D eigenvalue weighted by atomic mass is 35.7. The quantitative estimate of drug-likeness (QED) is 0.740. The second-order valence-corrected chi connectivity index (χ2v) is 7.91. The van der Waals surface area contributed by atoms with Crippen molar-refractivity contribution in [1.82, 2.24) is 0 Å². The van der Waals surface area contributed by atoms with E-state index in [1.54, 1.807) is 48.5 Å². The molecular formula is C14H11Cl3O2S. The van der Waals surface area contributed by atoms with Crippen molar-refractivity contribution < 1.29 is 8.42 Å². The Labute approximate surface area is 132 Å². The summed E-state index contributed by atoms with van der Waals surface area (Å²) >= 11 is 12.1. The van der Waals surface area contributed by atoms with Gasteiger partial charge in [-0.2, -0.15) is 0 Å². The minimum absolute atomic E-state index is 0.176. The molecule has 0 radical (unpaired) electrons. The lowest BCUT2D eigenvalue weighted by molar-refractivity contribution is 0.595. The fraction of sp³-hybridized carbons (Fsp3) is 0.143. The lowest BCUT2D eigenvalue weighted by Crippen LogP contribution is -2.11. The Morgan fingerprint density at radius 2 is 1.45 bits per heavy atom. The predicted molar refractivity (Wildman–Crippen MR) is 84.1 cm³/mol. The molecule has 0 aliphatic carbocycles. The number of rotatable bonds is 4. The van der Waals surface area contributed by atoms with Gasteiger partial charge in [-0.3, -0.25) is 0 Å². The first-order chi connectivity index (χ1) is 9.39. The molecule has 1 atom stereocenters. The average Bonchev–Trinajstić information content (AvgIpc) is 2.38. The van der Waals surface area contributed by atoms with E-state index in [2.05, 4.69) is 0 Å². The summed E-state index contributed by atoms with van der Waals surface area (Å²) in [7, 11) is 1.75. The molecule has 6 heteroatoms. The van der Waals surface area contributed by atoms with Gasteiger partial charge in [0.1, 0.15) is 5.25 Å². The molecule has 0 saturated carbocycles. The van der Waals surface area contributed by atoms with E-state index in [0.29, 0.717) is 21.2 Å². The number of hydrogen-bond acceptors (Lipinski definition) is 2. The summed E-state index contributed by atoms with van der Waals surface area (Å²) in [5.41, 5.74) is 1.19. The first-order valence-electron chi connectivity index (χ1n) is 5.81. The van der Waals surface area contributed by atoms with E-state index >= 15 is 0 Å². The Bertz CT molecular complexity index is 714. The van der Waals surface area contributed by atoms with Crippen molar-refractivity contribution in [2.45, 2.75) is 11.7 Å². The van der Waals surface area contributed by atoms with Crippen LogP contribution in [0.4, 0.5) is 0 Å². The molecule has 0 N–H and O–H groups in total. The van der Waals surface area contributed by atoms with Crippen LogP contribution in [-0.4, -0.2) is 8.42 Å². The van der Waals surface area contributed by atoms with Gasteiger partial charge in [0.25, 0.3) is 0 Å². The standard InChI is InChI=1S/C14H11Cl3O2S/c15-12-7-3-1-5-10(12)9-14(20(17,18)19)11-6-2-4-8-13(11)16/h1-8,14H,9H2. The monoisotopic (exact) mass is 348 g/mol. The van der Waals surface area contributed by atoms with E-state index in [0.717, 1.165) is 0 Å². The van der Waals surface area contributed by atoms with Crippen LogP contribution in [0.1, 0.15) is 16.4 Å². The normalized spacial score (nSPS) is 13.2. The van der Waals surface area contributed by atoms with E-state index in [9.17, 15) is 8.42 Å². The van der Waals surface area contributed by atoms with Gasteiger partial charge in [0.15, 0.2) is 0 Å². The molecule has 0 aliphatic rings. The van der Waals surface area contributed by atoms with Crippen LogP contribution in [0.25, 0.3) is 0 Å². The van der Waals surface area contributed by atoms with E-state index < -0.39 is 14.3 Å². The van der Waals surface area contributed by atoms with Gasteiger partial charge in [0.2, 0.25) is 9.05 Å². The summed E-state index contributed by atoms with van der Waals surface area (Å²) in [5, 5.41) is -0.0589. The third-order valence-electron chi connectivity index (χ3n) is 2.96. The van der Waals surface area contributed by atoms with Crippen molar-refractivity contribution in [2.24, 2.45) is 0 Å². The summed E-state index contributed by atoms with van der Waals surface area (Å²) < 4.78 is 23.7. The van der Waals surface area contributed by atoms with Crippen LogP contribution in [0.3, 0.4) is 0 Å². The van der Waals surface area contributed by atoms with Gasteiger partial charge in [-0.1, -0.05) is 59.6 Å². The number of hydrogen-bond donors (Lipinski definition) is 0. The summed E-state index contributed by atoms with van der Waals surface area (Å²) in [6.07, 6.45) is 0.176. The molecule has 0 heterocycles. The number of benzene rings is 2. The van der Waals surface area contributed by atoms with Gasteiger partial charge < -0.3 is 0 Å². The molecule has 0 aliphatic heterocycles. The summed E-state index contributed by atoms with van der Waals surface area (Å²) in [4.78, 5) is 0. The molecule has 0 spiro atoms. The Morgan fingerprint density at radius 1 is 0.900 bits per heavy atom. The topological polar surface area (TPSA) is 34.1 Å². The maximum atomic E-state index is 11.9. The predicted octanol–water partition coefficient (Wildman–Crippen LogP) is 4.85. The van der Waals surface area contributed by atoms with Crippen LogP contribution in [0.2, 0.25) is 10.0 Å². The minimum atomic E-state index is -3.83. The van der Waals surface area contributed by atoms with Crippen molar-refractivity contribution in [3.63, 3.8) is 0 Å². The highest BCUT2D eigenvalue weighted by Gasteiger charge is 2.28. The lowest BCUT2D eigenvalue weighted by Gasteiger charge is -2.16. The maximum Gasteiger partial charge on any atom is 0.240 e. The molecule has 1 unspecified atom stereocenters. The highest BCUT2D eigenvalue weighted by molar-refractivity contribution is 8.13. The van der Waals surface area contributed by atoms with Crippen LogP contribution >= 0.6 is 33.9 Å². The van der Waals surface area contributed by atoms with Gasteiger partial charge in [-0.15, -0.1) is 0 Å². The zero-order chi connectivity index (χ0) is 14.8. The third-order valence-corrected chi connectivity index (χ3v) is 5.41. The molecular weight excluding hydrogens is 339 g/mol. The maximum absolute atomic E-state index is 11.9. The lowest BCUT2D eigenvalue weighted by atomic mass is 10.0. The van der Waals surface area contributed by atoms with Gasteiger partial charge in [-0.25, -0.2) is 8.42 Å². The van der Waals surface area contributed by atoms with Crippen LogP contribution in [-0.2, 0) is 15.5 Å². The van der Waals surface area contributed by atoms with Gasteiger partial charge in [0, 0.05) is 20.7 Å². The Morgan fingerprint density at radius 3 is 2.00 bits per heavy atom. The van der Waals surface area contributed by atoms with E-state index in [-0.39, 0.29) is 6.42 Å². The van der Waals surface area contributed by atoms with E-state index in [1.807, 2.05) is 0 Å². The molecule has 2 nitrogen and oxygen atoms in total. The van der Waals surface area contributed by atoms with Gasteiger partial charge in [-0.05, 0) is 29.7 Å². The molecule has 0 fully saturated rings. The first-order valence-corrected chi connectivity index (χ1v) is 8.93.